The van der Waals surface area contributed by atoms with Crippen molar-refractivity contribution in [1.82, 2.24) is 19.3 Å². The molecule has 0 radical (unpaired) electrons. The molecule has 2 aliphatic heterocycles. The molecule has 1 N–H and O–H groups in total. The Morgan fingerprint density at radius 1 is 1.00 bits per heavy atom. The van der Waals surface area contributed by atoms with Crippen LogP contribution in [0.15, 0.2) is 64.0 Å². The Labute approximate surface area is 203 Å². The number of hydrogen-bond acceptors (Lipinski definition) is 7. The Hall–Kier alpha value is -3.28. The van der Waals surface area contributed by atoms with Crippen LogP contribution in [-0.2, 0) is 14.8 Å². The minimum Gasteiger partial charge on any atom is -0.379 e. The van der Waals surface area contributed by atoms with E-state index >= 15 is 0 Å². The zero-order valence-electron chi connectivity index (χ0n) is 19.2. The van der Waals surface area contributed by atoms with Crippen molar-refractivity contribution in [2.75, 3.05) is 44.7 Å². The monoisotopic (exact) mass is 497 g/mol. The number of amides is 2. The van der Waals surface area contributed by atoms with Gasteiger partial charge >= 0.3 is 6.03 Å². The van der Waals surface area contributed by atoms with Crippen LogP contribution in [0.5, 0.6) is 0 Å². The van der Waals surface area contributed by atoms with Gasteiger partial charge in [-0.3, -0.25) is 0 Å². The first-order valence-electron chi connectivity index (χ1n) is 11.6. The number of hydrogen-bond donors (Lipinski definition) is 1. The summed E-state index contributed by atoms with van der Waals surface area (Å²) in [5.41, 5.74) is 1.41. The standard InChI is InChI=1S/C24H27N5O5S/c30-24(25-20-6-2-1-3-7-20)28-12-4-5-19(17-28)23-26-22(27-34-23)18-8-10-21(11-9-18)35(31,32)29-13-15-33-16-14-29/h1-3,6-11,19H,4-5,12-17H2,(H,25,30). The van der Waals surface area contributed by atoms with Gasteiger partial charge in [0.05, 0.1) is 24.0 Å². The second-order valence-electron chi connectivity index (χ2n) is 8.58. The van der Waals surface area contributed by atoms with Crippen LogP contribution in [0.25, 0.3) is 11.4 Å². The van der Waals surface area contributed by atoms with E-state index < -0.39 is 10.0 Å². The molecular weight excluding hydrogens is 470 g/mol. The van der Waals surface area contributed by atoms with Crippen LogP contribution in [0.2, 0.25) is 0 Å². The maximum absolute atomic E-state index is 12.8. The molecular formula is C24H27N5O5S. The van der Waals surface area contributed by atoms with Gasteiger partial charge in [-0.2, -0.15) is 9.29 Å². The Bertz CT molecular complexity index is 1260. The minimum atomic E-state index is -3.56. The summed E-state index contributed by atoms with van der Waals surface area (Å²) in [5.74, 6) is 0.802. The third-order valence-electron chi connectivity index (χ3n) is 6.24. The van der Waals surface area contributed by atoms with Crippen LogP contribution < -0.4 is 5.32 Å². The molecule has 2 saturated heterocycles. The van der Waals surface area contributed by atoms with E-state index in [1.165, 1.54) is 4.31 Å². The maximum atomic E-state index is 12.8. The predicted octanol–water partition coefficient (Wildman–Crippen LogP) is 3.17. The van der Waals surface area contributed by atoms with E-state index in [1.807, 2.05) is 30.3 Å². The third-order valence-corrected chi connectivity index (χ3v) is 8.16. The highest BCUT2D eigenvalue weighted by atomic mass is 32.2. The van der Waals surface area contributed by atoms with Crippen LogP contribution in [0.1, 0.15) is 24.7 Å². The van der Waals surface area contributed by atoms with Crippen molar-refractivity contribution in [3.05, 3.63) is 60.5 Å². The van der Waals surface area contributed by atoms with Crippen LogP contribution in [0, 0.1) is 0 Å². The fourth-order valence-corrected chi connectivity index (χ4v) is 5.73. The lowest BCUT2D eigenvalue weighted by Crippen LogP contribution is -2.41. The van der Waals surface area contributed by atoms with Crippen molar-refractivity contribution < 1.29 is 22.5 Å². The maximum Gasteiger partial charge on any atom is 0.321 e. The number of nitrogens with zero attached hydrogens (tertiary/aromatic N) is 4. The summed E-state index contributed by atoms with van der Waals surface area (Å²) >= 11 is 0. The largest absolute Gasteiger partial charge is 0.379 e. The van der Waals surface area contributed by atoms with Gasteiger partial charge < -0.3 is 19.5 Å². The van der Waals surface area contributed by atoms with Crippen molar-refractivity contribution in [3.8, 4) is 11.4 Å². The van der Waals surface area contributed by atoms with E-state index in [4.69, 9.17) is 9.26 Å². The number of urea groups is 1. The van der Waals surface area contributed by atoms with Gasteiger partial charge in [0.1, 0.15) is 0 Å². The van der Waals surface area contributed by atoms with Crippen LogP contribution >= 0.6 is 0 Å². The molecule has 11 heteroatoms. The number of anilines is 1. The molecule has 3 heterocycles. The summed E-state index contributed by atoms with van der Waals surface area (Å²) in [5, 5.41) is 7.02. The van der Waals surface area contributed by atoms with Crippen molar-refractivity contribution in [2.24, 2.45) is 0 Å². The van der Waals surface area contributed by atoms with Gasteiger partial charge in [-0.1, -0.05) is 23.4 Å². The zero-order valence-corrected chi connectivity index (χ0v) is 20.0. The molecule has 1 unspecified atom stereocenters. The lowest BCUT2D eigenvalue weighted by molar-refractivity contribution is 0.0730. The molecule has 1 atom stereocenters. The minimum absolute atomic E-state index is 0.0625. The van der Waals surface area contributed by atoms with Gasteiger partial charge in [0, 0.05) is 37.4 Å². The van der Waals surface area contributed by atoms with Gasteiger partial charge in [-0.05, 0) is 49.2 Å². The molecule has 2 aromatic carbocycles. The van der Waals surface area contributed by atoms with Crippen molar-refractivity contribution in [3.63, 3.8) is 0 Å². The molecule has 2 aliphatic rings. The Morgan fingerprint density at radius 2 is 1.74 bits per heavy atom. The molecule has 5 rings (SSSR count). The van der Waals surface area contributed by atoms with E-state index in [9.17, 15) is 13.2 Å². The molecule has 35 heavy (non-hydrogen) atoms. The number of rotatable bonds is 5. The average Bonchev–Trinajstić information content (AvgIpc) is 3.40. The molecule has 1 aromatic heterocycles. The summed E-state index contributed by atoms with van der Waals surface area (Å²) in [6.07, 6.45) is 1.67. The van der Waals surface area contributed by atoms with Crippen molar-refractivity contribution in [2.45, 2.75) is 23.7 Å². The number of ether oxygens (including phenoxy) is 1. The van der Waals surface area contributed by atoms with Crippen LogP contribution in [0.4, 0.5) is 10.5 Å². The second kappa shape index (κ2) is 10.1. The number of para-hydroxylation sites is 1. The number of aromatic nitrogens is 2. The first kappa shape index (κ1) is 23.5. The number of likely N-dealkylation sites (tertiary alicyclic amines) is 1. The number of carbonyl (C=O) groups is 1. The Kier molecular flexibility index (Phi) is 6.80. The van der Waals surface area contributed by atoms with Gasteiger partial charge in [-0.25, -0.2) is 13.2 Å². The fraction of sp³-hybridized carbons (Fsp3) is 0.375. The molecule has 0 saturated carbocycles. The number of morpholine rings is 1. The van der Waals surface area contributed by atoms with Crippen LogP contribution in [0.3, 0.4) is 0 Å². The smallest absolute Gasteiger partial charge is 0.321 e. The summed E-state index contributed by atoms with van der Waals surface area (Å²) in [6, 6.07) is 15.7. The SMILES string of the molecule is O=C(Nc1ccccc1)N1CCCC(c2nc(-c3ccc(S(=O)(=O)N4CCOCC4)cc3)no2)C1. The highest BCUT2D eigenvalue weighted by Crippen LogP contribution is 2.28. The number of sulfonamides is 1. The molecule has 3 aromatic rings. The van der Waals surface area contributed by atoms with E-state index in [-0.39, 0.29) is 16.8 Å². The van der Waals surface area contributed by atoms with E-state index in [0.717, 1.165) is 18.5 Å². The van der Waals surface area contributed by atoms with Gasteiger partial charge in [0.25, 0.3) is 0 Å². The quantitative estimate of drug-likeness (QED) is 0.575. The number of carbonyl (C=O) groups excluding carboxylic acids is 1. The van der Waals surface area contributed by atoms with E-state index in [0.29, 0.717) is 56.7 Å². The van der Waals surface area contributed by atoms with Gasteiger partial charge in [0.15, 0.2) is 0 Å². The summed E-state index contributed by atoms with van der Waals surface area (Å²) in [4.78, 5) is 19.2. The molecule has 10 nitrogen and oxygen atoms in total. The molecule has 0 spiro atoms. The van der Waals surface area contributed by atoms with Crippen molar-refractivity contribution >= 4 is 21.7 Å². The topological polar surface area (TPSA) is 118 Å². The lowest BCUT2D eigenvalue weighted by atomic mass is 9.98. The highest BCUT2D eigenvalue weighted by molar-refractivity contribution is 7.89. The highest BCUT2D eigenvalue weighted by Gasteiger charge is 2.29. The molecule has 2 amide bonds. The van der Waals surface area contributed by atoms with E-state index in [1.54, 1.807) is 29.2 Å². The number of nitrogens with one attached hydrogen (secondary N) is 1. The Morgan fingerprint density at radius 3 is 2.49 bits per heavy atom. The first-order valence-corrected chi connectivity index (χ1v) is 13.1. The van der Waals surface area contributed by atoms with Gasteiger partial charge in [-0.15, -0.1) is 0 Å². The van der Waals surface area contributed by atoms with Crippen molar-refractivity contribution in [1.29, 1.82) is 0 Å². The predicted molar refractivity (Wildman–Crippen MR) is 128 cm³/mol. The fourth-order valence-electron chi connectivity index (χ4n) is 4.32. The number of piperidine rings is 1. The van der Waals surface area contributed by atoms with E-state index in [2.05, 4.69) is 15.5 Å². The Balaban J connectivity index is 1.25. The summed E-state index contributed by atoms with van der Waals surface area (Å²) < 4.78 is 37.9. The second-order valence-corrected chi connectivity index (χ2v) is 10.5. The molecule has 0 aliphatic carbocycles. The molecule has 2 fully saturated rings. The molecule has 0 bridgehead atoms. The lowest BCUT2D eigenvalue weighted by Gasteiger charge is -2.31. The zero-order chi connectivity index (χ0) is 24.3. The normalized spacial score (nSPS) is 19.4. The molecule has 184 valence electrons. The average molecular weight is 498 g/mol. The summed E-state index contributed by atoms with van der Waals surface area (Å²) in [6.45, 7) is 2.64. The van der Waals surface area contributed by atoms with Crippen LogP contribution in [-0.4, -0.2) is 73.2 Å². The third kappa shape index (κ3) is 5.21. The number of benzene rings is 2. The van der Waals surface area contributed by atoms with Gasteiger partial charge in [0.2, 0.25) is 21.7 Å². The summed E-state index contributed by atoms with van der Waals surface area (Å²) in [7, 11) is -3.56. The first-order chi connectivity index (χ1) is 17.0.